The Bertz CT molecular complexity index is 968. The number of benzene rings is 2. The Balaban J connectivity index is 1.74. The van der Waals surface area contributed by atoms with Crippen LogP contribution in [0.4, 0.5) is 5.69 Å². The first-order chi connectivity index (χ1) is 14.2. The molecule has 2 aromatic rings. The van der Waals surface area contributed by atoms with Crippen molar-refractivity contribution in [1.82, 2.24) is 5.32 Å². The maximum atomic E-state index is 12.2. The van der Waals surface area contributed by atoms with Crippen LogP contribution in [-0.2, 0) is 20.6 Å². The number of hydrogen-bond donors (Lipinski definition) is 1. The van der Waals surface area contributed by atoms with Crippen molar-refractivity contribution < 1.29 is 13.2 Å². The highest BCUT2D eigenvalue weighted by Crippen LogP contribution is 2.30. The van der Waals surface area contributed by atoms with Gasteiger partial charge in [0.1, 0.15) is 0 Å². The molecule has 1 N–H and O–H groups in total. The molecule has 0 atom stereocenters. The van der Waals surface area contributed by atoms with Gasteiger partial charge in [-0.2, -0.15) is 11.8 Å². The molecule has 0 heterocycles. The molecule has 5 nitrogen and oxygen atoms in total. The Hall–Kier alpha value is -1.41. The van der Waals surface area contributed by atoms with Crippen molar-refractivity contribution >= 4 is 56.6 Å². The zero-order chi connectivity index (χ0) is 22.1. The molecule has 0 aliphatic carbocycles. The van der Waals surface area contributed by atoms with Crippen LogP contribution in [0.1, 0.15) is 24.0 Å². The van der Waals surface area contributed by atoms with E-state index in [1.807, 2.05) is 6.07 Å². The van der Waals surface area contributed by atoms with E-state index in [4.69, 9.17) is 23.2 Å². The second-order valence-electron chi connectivity index (χ2n) is 6.93. The van der Waals surface area contributed by atoms with E-state index in [0.717, 1.165) is 17.8 Å². The molecule has 0 bridgehead atoms. The highest BCUT2D eigenvalue weighted by Gasteiger charge is 2.20. The lowest BCUT2D eigenvalue weighted by Crippen LogP contribution is -2.32. The van der Waals surface area contributed by atoms with Crippen molar-refractivity contribution in [2.75, 3.05) is 29.4 Å². The lowest BCUT2D eigenvalue weighted by Gasteiger charge is -2.23. The number of rotatable bonds is 11. The number of sulfonamides is 1. The van der Waals surface area contributed by atoms with E-state index < -0.39 is 10.0 Å². The Morgan fingerprint density at radius 3 is 2.63 bits per heavy atom. The predicted molar refractivity (Wildman–Crippen MR) is 128 cm³/mol. The first kappa shape index (κ1) is 24.9. The van der Waals surface area contributed by atoms with Crippen molar-refractivity contribution in [3.63, 3.8) is 0 Å². The molecule has 2 aromatic carbocycles. The summed E-state index contributed by atoms with van der Waals surface area (Å²) in [7, 11) is -3.55. The van der Waals surface area contributed by atoms with E-state index in [9.17, 15) is 13.2 Å². The molecule has 9 heteroatoms. The summed E-state index contributed by atoms with van der Waals surface area (Å²) in [6.45, 7) is 2.79. The van der Waals surface area contributed by atoms with Crippen LogP contribution in [0.5, 0.6) is 0 Å². The van der Waals surface area contributed by atoms with Crippen LogP contribution in [0.3, 0.4) is 0 Å². The zero-order valence-corrected chi connectivity index (χ0v) is 20.2. The largest absolute Gasteiger partial charge is 0.355 e. The monoisotopic (exact) mass is 488 g/mol. The molecule has 0 spiro atoms. The van der Waals surface area contributed by atoms with Crippen LogP contribution in [0.2, 0.25) is 10.0 Å². The second-order valence-corrected chi connectivity index (χ2v) is 10.8. The normalized spacial score (nSPS) is 11.3. The molecule has 0 unspecified atom stereocenters. The molecule has 0 fully saturated rings. The molecule has 0 aliphatic heterocycles. The average Bonchev–Trinajstić information content (AvgIpc) is 2.66. The number of carbonyl (C=O) groups is 1. The third-order valence-corrected chi connectivity index (χ3v) is 7.03. The van der Waals surface area contributed by atoms with Gasteiger partial charge in [-0.3, -0.25) is 9.10 Å². The first-order valence-electron chi connectivity index (χ1n) is 9.49. The lowest BCUT2D eigenvalue weighted by atomic mass is 10.2. The van der Waals surface area contributed by atoms with Gasteiger partial charge in [-0.25, -0.2) is 8.42 Å². The van der Waals surface area contributed by atoms with Crippen molar-refractivity contribution in [2.45, 2.75) is 25.5 Å². The van der Waals surface area contributed by atoms with Gasteiger partial charge in [-0.05, 0) is 37.1 Å². The Labute approximate surface area is 193 Å². The fraction of sp³-hybridized carbons (Fsp3) is 0.381. The standard InChI is InChI=1S/C21H26Cl2N2O3S2/c1-16-5-3-6-17(13-16)15-29-12-10-24-21(26)7-4-11-25(30(2,27)28)20-14-18(22)8-9-19(20)23/h3,5-6,8-9,13-14H,4,7,10-12,15H2,1-2H3,(H,24,26). The molecule has 2 rings (SSSR count). The smallest absolute Gasteiger partial charge is 0.232 e. The number of nitrogens with one attached hydrogen (secondary N) is 1. The van der Waals surface area contributed by atoms with Crippen LogP contribution < -0.4 is 9.62 Å². The SMILES string of the molecule is Cc1cccc(CSCCNC(=O)CCCN(c2cc(Cl)ccc2Cl)S(C)(=O)=O)c1. The number of hydrogen-bond acceptors (Lipinski definition) is 4. The van der Waals surface area contributed by atoms with Gasteiger partial charge in [-0.1, -0.05) is 53.0 Å². The number of thioether (sulfide) groups is 1. The zero-order valence-electron chi connectivity index (χ0n) is 17.0. The number of carbonyl (C=O) groups excluding carboxylic acids is 1. The number of amides is 1. The fourth-order valence-electron chi connectivity index (χ4n) is 2.87. The average molecular weight is 489 g/mol. The van der Waals surface area contributed by atoms with E-state index in [1.165, 1.54) is 21.5 Å². The minimum atomic E-state index is -3.55. The topological polar surface area (TPSA) is 66.5 Å². The van der Waals surface area contributed by atoms with Crippen LogP contribution in [-0.4, -0.2) is 39.4 Å². The fourth-order valence-corrected chi connectivity index (χ4v) is 5.08. The van der Waals surface area contributed by atoms with Gasteiger partial charge in [0.05, 0.1) is 17.0 Å². The number of aryl methyl sites for hydroxylation is 1. The number of nitrogens with zero attached hydrogens (tertiary/aromatic N) is 1. The number of halogens is 2. The third kappa shape index (κ3) is 8.38. The third-order valence-electron chi connectivity index (χ3n) is 4.26. The molecule has 30 heavy (non-hydrogen) atoms. The highest BCUT2D eigenvalue weighted by molar-refractivity contribution is 7.98. The predicted octanol–water partition coefficient (Wildman–Crippen LogP) is 4.90. The van der Waals surface area contributed by atoms with Crippen LogP contribution >= 0.6 is 35.0 Å². The summed E-state index contributed by atoms with van der Waals surface area (Å²) in [5.41, 5.74) is 2.83. The van der Waals surface area contributed by atoms with Gasteiger partial charge in [0.15, 0.2) is 0 Å². The summed E-state index contributed by atoms with van der Waals surface area (Å²) < 4.78 is 25.5. The quantitative estimate of drug-likeness (QED) is 0.456. The van der Waals surface area contributed by atoms with Gasteiger partial charge in [0.2, 0.25) is 15.9 Å². The van der Waals surface area contributed by atoms with Gasteiger partial charge in [0, 0.05) is 36.0 Å². The Kier molecular flexibility index (Phi) is 9.81. The van der Waals surface area contributed by atoms with Crippen molar-refractivity contribution in [1.29, 1.82) is 0 Å². The number of anilines is 1. The summed E-state index contributed by atoms with van der Waals surface area (Å²) in [6, 6.07) is 13.0. The van der Waals surface area contributed by atoms with Crippen LogP contribution in [0.25, 0.3) is 0 Å². The second kappa shape index (κ2) is 11.8. The molecular formula is C21H26Cl2N2O3S2. The summed E-state index contributed by atoms with van der Waals surface area (Å²) in [5, 5.41) is 3.56. The van der Waals surface area contributed by atoms with E-state index >= 15 is 0 Å². The van der Waals surface area contributed by atoms with Crippen LogP contribution in [0.15, 0.2) is 42.5 Å². The van der Waals surface area contributed by atoms with Crippen molar-refractivity contribution in [2.24, 2.45) is 0 Å². The maximum Gasteiger partial charge on any atom is 0.232 e. The molecule has 0 radical (unpaired) electrons. The van der Waals surface area contributed by atoms with Gasteiger partial charge >= 0.3 is 0 Å². The summed E-state index contributed by atoms with van der Waals surface area (Å²) >= 11 is 13.9. The minimum Gasteiger partial charge on any atom is -0.355 e. The maximum absolute atomic E-state index is 12.2. The van der Waals surface area contributed by atoms with Gasteiger partial charge in [-0.15, -0.1) is 0 Å². The lowest BCUT2D eigenvalue weighted by molar-refractivity contribution is -0.121. The Morgan fingerprint density at radius 1 is 1.17 bits per heavy atom. The van der Waals surface area contributed by atoms with E-state index in [2.05, 4.69) is 30.4 Å². The van der Waals surface area contributed by atoms with E-state index in [1.54, 1.807) is 23.9 Å². The minimum absolute atomic E-state index is 0.100. The van der Waals surface area contributed by atoms with Gasteiger partial charge in [0.25, 0.3) is 0 Å². The van der Waals surface area contributed by atoms with E-state index in [0.29, 0.717) is 28.7 Å². The molecule has 0 saturated heterocycles. The van der Waals surface area contributed by atoms with Crippen molar-refractivity contribution in [3.8, 4) is 0 Å². The summed E-state index contributed by atoms with van der Waals surface area (Å²) in [4.78, 5) is 12.1. The Morgan fingerprint density at radius 2 is 1.93 bits per heavy atom. The van der Waals surface area contributed by atoms with E-state index in [-0.39, 0.29) is 18.9 Å². The molecular weight excluding hydrogens is 463 g/mol. The molecule has 0 aromatic heterocycles. The van der Waals surface area contributed by atoms with Crippen molar-refractivity contribution in [3.05, 3.63) is 63.6 Å². The highest BCUT2D eigenvalue weighted by atomic mass is 35.5. The summed E-state index contributed by atoms with van der Waals surface area (Å²) in [6.07, 6.45) is 1.71. The first-order valence-corrected chi connectivity index (χ1v) is 13.3. The molecule has 164 valence electrons. The molecule has 0 saturated carbocycles. The molecule has 1 amide bonds. The summed E-state index contributed by atoms with van der Waals surface area (Å²) in [5.74, 6) is 1.62. The van der Waals surface area contributed by atoms with Gasteiger partial charge < -0.3 is 5.32 Å². The van der Waals surface area contributed by atoms with Crippen LogP contribution in [0, 0.1) is 6.92 Å². The molecule has 0 aliphatic rings.